The first-order chi connectivity index (χ1) is 18.3. The van der Waals surface area contributed by atoms with E-state index in [1.54, 1.807) is 6.08 Å². The molecule has 0 radical (unpaired) electrons. The van der Waals surface area contributed by atoms with Crippen LogP contribution in [0.1, 0.15) is 22.3 Å². The summed E-state index contributed by atoms with van der Waals surface area (Å²) in [5.74, 6) is 0. The van der Waals surface area contributed by atoms with Gasteiger partial charge in [0.15, 0.2) is 6.29 Å². The monoisotopic (exact) mass is 494 g/mol. The van der Waals surface area contributed by atoms with Gasteiger partial charge in [-0.1, -0.05) is 127 Å². The highest BCUT2D eigenvalue weighted by atomic mass is 16.7. The van der Waals surface area contributed by atoms with Crippen LogP contribution >= 0.6 is 0 Å². The first kappa shape index (κ1) is 26.5. The number of ether oxygens (including phenoxy) is 4. The van der Waals surface area contributed by atoms with Crippen LogP contribution < -0.4 is 0 Å². The van der Waals surface area contributed by atoms with Gasteiger partial charge >= 0.3 is 0 Å². The molecule has 0 N–H and O–H groups in total. The lowest BCUT2D eigenvalue weighted by molar-refractivity contribution is -0.242. The van der Waals surface area contributed by atoms with Crippen molar-refractivity contribution in [2.24, 2.45) is 0 Å². The minimum absolute atomic E-state index is 0.383. The summed E-state index contributed by atoms with van der Waals surface area (Å²) in [6, 6.07) is 40.2. The Hall–Kier alpha value is -3.54. The third-order valence-corrected chi connectivity index (χ3v) is 5.91. The molecular formula is C33H34O4. The normalized spacial score (nSPS) is 12.8. The zero-order chi connectivity index (χ0) is 25.5. The molecule has 0 aromatic heterocycles. The molecule has 0 fully saturated rings. The summed E-state index contributed by atoms with van der Waals surface area (Å²) in [6.45, 7) is 5.63. The summed E-state index contributed by atoms with van der Waals surface area (Å²) in [5, 5.41) is 0. The van der Waals surface area contributed by atoms with Crippen LogP contribution in [0.2, 0.25) is 0 Å². The molecule has 2 atom stereocenters. The van der Waals surface area contributed by atoms with E-state index in [1.165, 1.54) is 0 Å². The van der Waals surface area contributed by atoms with Crippen molar-refractivity contribution in [3.05, 3.63) is 156 Å². The SMILES string of the molecule is C=C[C@@H](OCc1ccccc1)[C@@H](OCc1ccccc1)C(OCc1ccccc1)OCc1ccccc1. The molecule has 0 aliphatic rings. The summed E-state index contributed by atoms with van der Waals surface area (Å²) in [4.78, 5) is 0. The second kappa shape index (κ2) is 14.9. The van der Waals surface area contributed by atoms with Gasteiger partial charge in [0.1, 0.15) is 12.2 Å². The second-order valence-corrected chi connectivity index (χ2v) is 8.72. The van der Waals surface area contributed by atoms with Crippen LogP contribution in [0.3, 0.4) is 0 Å². The Labute approximate surface area is 220 Å². The quantitative estimate of drug-likeness (QED) is 0.130. The highest BCUT2D eigenvalue weighted by molar-refractivity contribution is 5.16. The van der Waals surface area contributed by atoms with Crippen molar-refractivity contribution in [1.82, 2.24) is 0 Å². The third-order valence-electron chi connectivity index (χ3n) is 5.91. The lowest BCUT2D eigenvalue weighted by atomic mass is 10.1. The molecule has 0 heterocycles. The first-order valence-electron chi connectivity index (χ1n) is 12.6. The fourth-order valence-corrected chi connectivity index (χ4v) is 3.90. The Kier molecular flexibility index (Phi) is 10.7. The molecule has 4 nitrogen and oxygen atoms in total. The van der Waals surface area contributed by atoms with Crippen LogP contribution in [0.5, 0.6) is 0 Å². The largest absolute Gasteiger partial charge is 0.367 e. The van der Waals surface area contributed by atoms with E-state index >= 15 is 0 Å². The summed E-state index contributed by atoms with van der Waals surface area (Å²) in [5.41, 5.74) is 4.24. The highest BCUT2D eigenvalue weighted by Crippen LogP contribution is 2.21. The van der Waals surface area contributed by atoms with Gasteiger partial charge in [0, 0.05) is 0 Å². The van der Waals surface area contributed by atoms with Crippen molar-refractivity contribution < 1.29 is 18.9 Å². The fourth-order valence-electron chi connectivity index (χ4n) is 3.90. The van der Waals surface area contributed by atoms with Crippen molar-refractivity contribution in [2.75, 3.05) is 0 Å². The lowest BCUT2D eigenvalue weighted by Gasteiger charge is -2.32. The Bertz CT molecular complexity index is 1110. The van der Waals surface area contributed by atoms with Crippen molar-refractivity contribution in [3.63, 3.8) is 0 Å². The zero-order valence-corrected chi connectivity index (χ0v) is 21.0. The minimum Gasteiger partial charge on any atom is -0.367 e. The molecule has 0 spiro atoms. The highest BCUT2D eigenvalue weighted by Gasteiger charge is 2.32. The van der Waals surface area contributed by atoms with E-state index in [9.17, 15) is 0 Å². The molecule has 0 saturated heterocycles. The molecule has 0 bridgehead atoms. The van der Waals surface area contributed by atoms with Gasteiger partial charge in [-0.3, -0.25) is 0 Å². The van der Waals surface area contributed by atoms with Gasteiger partial charge in [0.2, 0.25) is 0 Å². The molecule has 0 saturated carbocycles. The van der Waals surface area contributed by atoms with Crippen LogP contribution in [-0.4, -0.2) is 18.5 Å². The molecule has 4 heteroatoms. The third kappa shape index (κ3) is 8.81. The molecule has 0 aliphatic carbocycles. The van der Waals surface area contributed by atoms with Crippen LogP contribution in [0, 0.1) is 0 Å². The van der Waals surface area contributed by atoms with Gasteiger partial charge in [-0.15, -0.1) is 6.58 Å². The molecule has 0 unspecified atom stereocenters. The van der Waals surface area contributed by atoms with Gasteiger partial charge < -0.3 is 18.9 Å². The Morgan fingerprint density at radius 1 is 0.459 bits per heavy atom. The molecule has 4 aromatic rings. The lowest BCUT2D eigenvalue weighted by Crippen LogP contribution is -2.43. The van der Waals surface area contributed by atoms with E-state index in [0.717, 1.165) is 22.3 Å². The summed E-state index contributed by atoms with van der Waals surface area (Å²) in [6.07, 6.45) is 0.0702. The summed E-state index contributed by atoms with van der Waals surface area (Å²) >= 11 is 0. The van der Waals surface area contributed by atoms with Crippen LogP contribution in [0.4, 0.5) is 0 Å². The molecule has 4 rings (SSSR count). The van der Waals surface area contributed by atoms with E-state index < -0.39 is 18.5 Å². The van der Waals surface area contributed by atoms with Crippen LogP contribution in [0.15, 0.2) is 134 Å². The molecule has 37 heavy (non-hydrogen) atoms. The molecule has 4 aromatic carbocycles. The van der Waals surface area contributed by atoms with Crippen molar-refractivity contribution in [1.29, 1.82) is 0 Å². The van der Waals surface area contributed by atoms with E-state index in [0.29, 0.717) is 26.4 Å². The Morgan fingerprint density at radius 2 is 0.784 bits per heavy atom. The average molecular weight is 495 g/mol. The predicted octanol–water partition coefficient (Wildman–Crippen LogP) is 7.10. The maximum atomic E-state index is 6.46. The molecule has 0 aliphatic heterocycles. The van der Waals surface area contributed by atoms with Crippen molar-refractivity contribution in [3.8, 4) is 0 Å². The Balaban J connectivity index is 1.54. The number of rotatable bonds is 15. The standard InChI is InChI=1S/C33H34O4/c1-2-31(34-23-27-15-7-3-8-16-27)32(35-24-28-17-9-4-10-18-28)33(36-25-29-19-11-5-12-20-29)37-26-30-21-13-6-14-22-30/h2-22,31-33H,1,23-26H2/t31-,32-/m1/s1. The number of benzene rings is 4. The van der Waals surface area contributed by atoms with Crippen molar-refractivity contribution in [2.45, 2.75) is 44.9 Å². The van der Waals surface area contributed by atoms with Gasteiger partial charge in [-0.2, -0.15) is 0 Å². The van der Waals surface area contributed by atoms with E-state index in [1.807, 2.05) is 121 Å². The van der Waals surface area contributed by atoms with Crippen LogP contribution in [-0.2, 0) is 45.4 Å². The molecule has 190 valence electrons. The van der Waals surface area contributed by atoms with Gasteiger partial charge in [0.25, 0.3) is 0 Å². The summed E-state index contributed by atoms with van der Waals surface area (Å²) < 4.78 is 25.5. The maximum Gasteiger partial charge on any atom is 0.187 e. The molecule has 0 amide bonds. The number of hydrogen-bond acceptors (Lipinski definition) is 4. The van der Waals surface area contributed by atoms with E-state index in [2.05, 4.69) is 6.58 Å². The van der Waals surface area contributed by atoms with Crippen LogP contribution in [0.25, 0.3) is 0 Å². The fraction of sp³-hybridized carbons (Fsp3) is 0.212. The topological polar surface area (TPSA) is 36.9 Å². The van der Waals surface area contributed by atoms with Gasteiger partial charge in [-0.25, -0.2) is 0 Å². The van der Waals surface area contributed by atoms with Gasteiger partial charge in [-0.05, 0) is 22.3 Å². The minimum atomic E-state index is -0.692. The predicted molar refractivity (Wildman–Crippen MR) is 146 cm³/mol. The zero-order valence-electron chi connectivity index (χ0n) is 21.0. The smallest absolute Gasteiger partial charge is 0.187 e. The average Bonchev–Trinajstić information content (AvgIpc) is 2.97. The van der Waals surface area contributed by atoms with E-state index in [4.69, 9.17) is 18.9 Å². The second-order valence-electron chi connectivity index (χ2n) is 8.72. The molecular weight excluding hydrogens is 460 g/mol. The van der Waals surface area contributed by atoms with E-state index in [-0.39, 0.29) is 0 Å². The Morgan fingerprint density at radius 3 is 1.14 bits per heavy atom. The number of hydrogen-bond donors (Lipinski definition) is 0. The van der Waals surface area contributed by atoms with Gasteiger partial charge in [0.05, 0.1) is 26.4 Å². The summed E-state index contributed by atoms with van der Waals surface area (Å²) in [7, 11) is 0. The maximum absolute atomic E-state index is 6.46. The first-order valence-corrected chi connectivity index (χ1v) is 12.6. The van der Waals surface area contributed by atoms with Crippen molar-refractivity contribution >= 4 is 0 Å².